The Morgan fingerprint density at radius 2 is 2.20 bits per heavy atom. The van der Waals surface area contributed by atoms with Crippen molar-refractivity contribution >= 4 is 33.7 Å². The van der Waals surface area contributed by atoms with Gasteiger partial charge in [0.2, 0.25) is 0 Å². The molecule has 2 aromatic rings. The van der Waals surface area contributed by atoms with Gasteiger partial charge >= 0.3 is 0 Å². The standard InChI is InChI=1S/C14H19ClN4S/c15-9-12-13(16-14-19(12)7-8-20-14)18-6-2-5-17-4-1-3-11(17)10-18/h7-8,11H,1-6,9-10H2. The number of alkyl halides is 1. The number of halogens is 1. The molecule has 4 heterocycles. The van der Waals surface area contributed by atoms with E-state index in [0.29, 0.717) is 11.9 Å². The lowest BCUT2D eigenvalue weighted by Gasteiger charge is -2.26. The van der Waals surface area contributed by atoms with Crippen LogP contribution in [0.15, 0.2) is 11.6 Å². The first-order valence-corrected chi connectivity index (χ1v) is 8.77. The maximum absolute atomic E-state index is 6.19. The minimum atomic E-state index is 0.526. The zero-order valence-corrected chi connectivity index (χ0v) is 13.0. The van der Waals surface area contributed by atoms with Crippen LogP contribution in [0.25, 0.3) is 4.96 Å². The second-order valence-corrected chi connectivity index (χ2v) is 6.84. The summed E-state index contributed by atoms with van der Waals surface area (Å²) >= 11 is 7.87. The van der Waals surface area contributed by atoms with E-state index in [0.717, 1.165) is 29.6 Å². The van der Waals surface area contributed by atoms with Gasteiger partial charge in [0.25, 0.3) is 0 Å². The molecule has 1 atom stereocenters. The first-order chi connectivity index (χ1) is 9.86. The predicted octanol–water partition coefficient (Wildman–Crippen LogP) is 2.81. The molecule has 0 spiro atoms. The molecule has 2 aliphatic heterocycles. The lowest BCUT2D eigenvalue weighted by molar-refractivity contribution is 0.273. The molecule has 108 valence electrons. The monoisotopic (exact) mass is 310 g/mol. The van der Waals surface area contributed by atoms with Crippen molar-refractivity contribution in [1.82, 2.24) is 14.3 Å². The van der Waals surface area contributed by atoms with E-state index < -0.39 is 0 Å². The molecule has 0 aromatic carbocycles. The van der Waals surface area contributed by atoms with Crippen molar-refractivity contribution in [3.8, 4) is 0 Å². The third-order valence-electron chi connectivity index (χ3n) is 4.57. The van der Waals surface area contributed by atoms with Crippen LogP contribution in [-0.4, -0.2) is 46.5 Å². The van der Waals surface area contributed by atoms with Gasteiger partial charge in [-0.25, -0.2) is 4.98 Å². The van der Waals surface area contributed by atoms with Crippen molar-refractivity contribution in [2.24, 2.45) is 0 Å². The van der Waals surface area contributed by atoms with Crippen molar-refractivity contribution in [3.63, 3.8) is 0 Å². The van der Waals surface area contributed by atoms with Gasteiger partial charge in [-0.1, -0.05) is 0 Å². The summed E-state index contributed by atoms with van der Waals surface area (Å²) in [6.07, 6.45) is 5.98. The van der Waals surface area contributed by atoms with Crippen LogP contribution in [0.1, 0.15) is 25.0 Å². The van der Waals surface area contributed by atoms with Crippen LogP contribution in [0.2, 0.25) is 0 Å². The molecule has 20 heavy (non-hydrogen) atoms. The molecule has 0 amide bonds. The summed E-state index contributed by atoms with van der Waals surface area (Å²) in [6.45, 7) is 4.72. The number of nitrogens with zero attached hydrogens (tertiary/aromatic N) is 4. The summed E-state index contributed by atoms with van der Waals surface area (Å²) in [7, 11) is 0. The topological polar surface area (TPSA) is 23.8 Å². The Balaban J connectivity index is 1.68. The van der Waals surface area contributed by atoms with E-state index in [4.69, 9.17) is 16.6 Å². The van der Waals surface area contributed by atoms with Crippen LogP contribution >= 0.6 is 22.9 Å². The number of rotatable bonds is 2. The smallest absolute Gasteiger partial charge is 0.195 e. The Kier molecular flexibility index (Phi) is 3.36. The SMILES string of the molecule is ClCc1c(N2CCCN3CCCC3C2)nc2sccn12. The quantitative estimate of drug-likeness (QED) is 0.797. The van der Waals surface area contributed by atoms with Crippen LogP contribution in [-0.2, 0) is 5.88 Å². The van der Waals surface area contributed by atoms with Gasteiger partial charge in [-0.15, -0.1) is 22.9 Å². The molecule has 2 aromatic heterocycles. The van der Waals surface area contributed by atoms with E-state index >= 15 is 0 Å². The van der Waals surface area contributed by atoms with Gasteiger partial charge in [0.1, 0.15) is 0 Å². The number of hydrogen-bond donors (Lipinski definition) is 0. The van der Waals surface area contributed by atoms with Crippen molar-refractivity contribution in [3.05, 3.63) is 17.3 Å². The van der Waals surface area contributed by atoms with E-state index in [1.165, 1.54) is 32.4 Å². The molecule has 0 bridgehead atoms. The number of fused-ring (bicyclic) bond motifs is 2. The molecule has 2 aliphatic rings. The van der Waals surface area contributed by atoms with Crippen LogP contribution in [0.5, 0.6) is 0 Å². The average molecular weight is 311 g/mol. The molecule has 2 saturated heterocycles. The maximum Gasteiger partial charge on any atom is 0.195 e. The van der Waals surface area contributed by atoms with Gasteiger partial charge < -0.3 is 4.90 Å². The Morgan fingerprint density at radius 1 is 1.30 bits per heavy atom. The first-order valence-electron chi connectivity index (χ1n) is 7.36. The molecule has 0 radical (unpaired) electrons. The van der Waals surface area contributed by atoms with Gasteiger partial charge in [-0.3, -0.25) is 9.30 Å². The predicted molar refractivity (Wildman–Crippen MR) is 84.1 cm³/mol. The van der Waals surface area contributed by atoms with Crippen LogP contribution < -0.4 is 4.90 Å². The summed E-state index contributed by atoms with van der Waals surface area (Å²) in [5.41, 5.74) is 1.15. The minimum absolute atomic E-state index is 0.526. The lowest BCUT2D eigenvalue weighted by Crippen LogP contribution is -2.37. The minimum Gasteiger partial charge on any atom is -0.353 e. The molecule has 0 saturated carbocycles. The second kappa shape index (κ2) is 5.20. The highest BCUT2D eigenvalue weighted by Crippen LogP contribution is 2.29. The van der Waals surface area contributed by atoms with E-state index in [-0.39, 0.29) is 0 Å². The summed E-state index contributed by atoms with van der Waals surface area (Å²) in [5, 5.41) is 2.07. The molecule has 0 N–H and O–H groups in total. The van der Waals surface area contributed by atoms with Gasteiger partial charge in [0.15, 0.2) is 10.8 Å². The van der Waals surface area contributed by atoms with Crippen molar-refractivity contribution in [1.29, 1.82) is 0 Å². The number of anilines is 1. The second-order valence-electron chi connectivity index (χ2n) is 5.70. The highest BCUT2D eigenvalue weighted by molar-refractivity contribution is 7.15. The number of aromatic nitrogens is 2. The fourth-order valence-electron chi connectivity index (χ4n) is 3.60. The van der Waals surface area contributed by atoms with E-state index in [1.807, 2.05) is 0 Å². The maximum atomic E-state index is 6.19. The molecule has 4 nitrogen and oxygen atoms in total. The van der Waals surface area contributed by atoms with Gasteiger partial charge in [-0.05, 0) is 25.8 Å². The Bertz CT molecular complexity index is 607. The molecular weight excluding hydrogens is 292 g/mol. The molecule has 4 rings (SSSR count). The van der Waals surface area contributed by atoms with Gasteiger partial charge in [0, 0.05) is 37.3 Å². The number of thiazole rings is 1. The molecule has 6 heteroatoms. The van der Waals surface area contributed by atoms with Crippen LogP contribution in [0.4, 0.5) is 5.82 Å². The zero-order chi connectivity index (χ0) is 13.5. The molecule has 2 fully saturated rings. The van der Waals surface area contributed by atoms with E-state index in [2.05, 4.69) is 25.8 Å². The zero-order valence-electron chi connectivity index (χ0n) is 11.5. The van der Waals surface area contributed by atoms with Gasteiger partial charge in [-0.2, -0.15) is 0 Å². The molecular formula is C14H19ClN4S. The first kappa shape index (κ1) is 12.9. The van der Waals surface area contributed by atoms with Crippen molar-refractivity contribution < 1.29 is 0 Å². The normalized spacial score (nSPS) is 24.2. The molecule has 0 aliphatic carbocycles. The fraction of sp³-hybridized carbons (Fsp3) is 0.643. The Hall–Kier alpha value is -0.780. The number of hydrogen-bond acceptors (Lipinski definition) is 4. The average Bonchev–Trinajstić information content (AvgIpc) is 3.11. The van der Waals surface area contributed by atoms with Crippen LogP contribution in [0.3, 0.4) is 0 Å². The number of imidazole rings is 1. The van der Waals surface area contributed by atoms with Gasteiger partial charge in [0.05, 0.1) is 11.6 Å². The summed E-state index contributed by atoms with van der Waals surface area (Å²) < 4.78 is 2.14. The molecule has 1 unspecified atom stereocenters. The third kappa shape index (κ3) is 2.03. The summed E-state index contributed by atoms with van der Waals surface area (Å²) in [5.74, 6) is 1.64. The highest BCUT2D eigenvalue weighted by atomic mass is 35.5. The van der Waals surface area contributed by atoms with Crippen LogP contribution in [0, 0.1) is 0 Å². The third-order valence-corrected chi connectivity index (χ3v) is 5.58. The van der Waals surface area contributed by atoms with Crippen molar-refractivity contribution in [2.45, 2.75) is 31.2 Å². The Morgan fingerprint density at radius 3 is 3.10 bits per heavy atom. The summed E-state index contributed by atoms with van der Waals surface area (Å²) in [6, 6.07) is 0.709. The fourth-order valence-corrected chi connectivity index (χ4v) is 4.57. The highest BCUT2D eigenvalue weighted by Gasteiger charge is 2.30. The summed E-state index contributed by atoms with van der Waals surface area (Å²) in [4.78, 5) is 11.0. The van der Waals surface area contributed by atoms with Crippen molar-refractivity contribution in [2.75, 3.05) is 31.1 Å². The lowest BCUT2D eigenvalue weighted by atomic mass is 10.2. The Labute approximate surface area is 128 Å². The van der Waals surface area contributed by atoms with E-state index in [9.17, 15) is 0 Å². The largest absolute Gasteiger partial charge is 0.353 e. The van der Waals surface area contributed by atoms with E-state index in [1.54, 1.807) is 11.3 Å².